The van der Waals surface area contributed by atoms with Crippen LogP contribution in [0.3, 0.4) is 0 Å². The fourth-order valence-corrected chi connectivity index (χ4v) is 7.33. The zero-order valence-corrected chi connectivity index (χ0v) is 38.8. The molecule has 13 heteroatoms. The third kappa shape index (κ3) is 32.7. The van der Waals surface area contributed by atoms with Gasteiger partial charge in [-0.05, 0) is 83.5 Å². The van der Waals surface area contributed by atoms with E-state index in [1.54, 1.807) is 0 Å². The third-order valence-electron chi connectivity index (χ3n) is 10.3. The summed E-state index contributed by atoms with van der Waals surface area (Å²) >= 11 is 0. The zero-order chi connectivity index (χ0) is 45.5. The lowest BCUT2D eigenvalue weighted by Crippen LogP contribution is -2.60. The summed E-state index contributed by atoms with van der Waals surface area (Å²) in [7, 11) is -4.61. The number of unbranched alkanes of at least 4 members (excludes halogenated alkanes) is 14. The minimum atomic E-state index is -4.61. The van der Waals surface area contributed by atoms with Crippen molar-refractivity contribution in [1.82, 2.24) is 0 Å². The van der Waals surface area contributed by atoms with Crippen LogP contribution in [-0.2, 0) is 38.7 Å². The highest BCUT2D eigenvalue weighted by Gasteiger charge is 2.46. The van der Waals surface area contributed by atoms with Crippen molar-refractivity contribution in [2.24, 2.45) is 0 Å². The van der Waals surface area contributed by atoms with Crippen LogP contribution in [0.15, 0.2) is 72.9 Å². The fourth-order valence-electron chi connectivity index (χ4n) is 6.64. The van der Waals surface area contributed by atoms with E-state index in [-0.39, 0.29) is 19.4 Å². The smallest absolute Gasteiger partial charge is 0.306 e. The number of carbonyl (C=O) groups excluding carboxylic acids is 2. The molecule has 2 unspecified atom stereocenters. The lowest BCUT2D eigenvalue weighted by molar-refractivity contribution is -0.297. The Kier molecular flexibility index (Phi) is 35.5. The monoisotopic (exact) mass is 895 g/mol. The van der Waals surface area contributed by atoms with Gasteiger partial charge in [0.25, 0.3) is 10.1 Å². The number of allylic oxidation sites excluding steroid dienone is 12. The summed E-state index contributed by atoms with van der Waals surface area (Å²) in [5.41, 5.74) is 0. The van der Waals surface area contributed by atoms with E-state index in [4.69, 9.17) is 18.9 Å². The molecule has 0 amide bonds. The molecule has 0 aliphatic carbocycles. The lowest BCUT2D eigenvalue weighted by Gasteiger charge is -2.40. The van der Waals surface area contributed by atoms with Gasteiger partial charge in [0.15, 0.2) is 12.4 Å². The van der Waals surface area contributed by atoms with E-state index in [9.17, 15) is 37.9 Å². The van der Waals surface area contributed by atoms with Gasteiger partial charge in [0.1, 0.15) is 36.8 Å². The van der Waals surface area contributed by atoms with Crippen LogP contribution in [0.5, 0.6) is 0 Å². The first-order valence-corrected chi connectivity index (χ1v) is 25.1. The van der Waals surface area contributed by atoms with E-state index in [1.165, 1.54) is 57.8 Å². The predicted octanol–water partition coefficient (Wildman–Crippen LogP) is 9.89. The van der Waals surface area contributed by atoms with Gasteiger partial charge < -0.3 is 34.3 Å². The quantitative estimate of drug-likeness (QED) is 0.0199. The molecule has 0 bridgehead atoms. The van der Waals surface area contributed by atoms with Gasteiger partial charge in [-0.1, -0.05) is 145 Å². The summed E-state index contributed by atoms with van der Waals surface area (Å²) in [5.74, 6) is -2.06. The predicted molar refractivity (Wildman–Crippen MR) is 247 cm³/mol. The molecule has 0 aromatic carbocycles. The maximum atomic E-state index is 12.8. The minimum absolute atomic E-state index is 0.123. The van der Waals surface area contributed by atoms with Gasteiger partial charge in [-0.2, -0.15) is 8.42 Å². The van der Waals surface area contributed by atoms with Crippen molar-refractivity contribution < 1.29 is 56.8 Å². The Labute approximate surface area is 374 Å². The highest BCUT2D eigenvalue weighted by atomic mass is 32.2. The van der Waals surface area contributed by atoms with Gasteiger partial charge in [0.2, 0.25) is 0 Å². The van der Waals surface area contributed by atoms with Gasteiger partial charge in [0, 0.05) is 12.8 Å². The Morgan fingerprint density at radius 1 is 0.565 bits per heavy atom. The molecule has 0 aromatic heterocycles. The molecule has 4 N–H and O–H groups in total. The Morgan fingerprint density at radius 3 is 1.56 bits per heavy atom. The van der Waals surface area contributed by atoms with E-state index < -0.39 is 71.2 Å². The second-order valence-electron chi connectivity index (χ2n) is 16.0. The molecule has 0 aromatic rings. The molecule has 1 aliphatic rings. The van der Waals surface area contributed by atoms with Crippen LogP contribution < -0.4 is 0 Å². The highest BCUT2D eigenvalue weighted by Crippen LogP contribution is 2.24. The Bertz CT molecular complexity index is 1420. The Balaban J connectivity index is 2.47. The third-order valence-corrected chi connectivity index (χ3v) is 11.0. The van der Waals surface area contributed by atoms with Crippen molar-refractivity contribution in [3.63, 3.8) is 0 Å². The first kappa shape index (κ1) is 57.1. The van der Waals surface area contributed by atoms with Crippen molar-refractivity contribution >= 4 is 22.1 Å². The molecular formula is C49H82O12S. The van der Waals surface area contributed by atoms with Gasteiger partial charge in [-0.25, -0.2) is 0 Å². The molecule has 1 aliphatic heterocycles. The van der Waals surface area contributed by atoms with Crippen LogP contribution in [0.2, 0.25) is 0 Å². The molecule has 0 spiro atoms. The molecule has 1 fully saturated rings. The van der Waals surface area contributed by atoms with E-state index >= 15 is 0 Å². The van der Waals surface area contributed by atoms with E-state index in [0.717, 1.165) is 70.6 Å². The number of ether oxygens (including phenoxy) is 4. The average Bonchev–Trinajstić information content (AvgIpc) is 3.24. The summed E-state index contributed by atoms with van der Waals surface area (Å²) in [6.45, 7) is 3.59. The number of carbonyl (C=O) groups is 2. The largest absolute Gasteiger partial charge is 0.462 e. The summed E-state index contributed by atoms with van der Waals surface area (Å²) in [6.07, 6.45) is 39.5. The standard InChI is InChI=1S/C49H82O12S/c1-3-5-7-9-11-13-15-17-19-20-21-22-24-25-27-29-31-33-35-37-44(50)58-39-42(40-59-49-48(54)47(53)46(52)43(61-49)41-62(55,56)57)60-45(51)38-36-34-32-30-28-26-23-18-16-14-12-10-8-6-4-2/h5,7,11,13,17,19,21-22,25,27-28,30,42-43,46-49,52-54H,3-4,6,8-10,12,14-16,18,20,23-24,26,29,31-41H2,1-2H3,(H,55,56,57)/b7-5+,13-11+,19-17+,22-21+,27-25+,30-28+/t42-,43-,46-,47?,48?,49+/m1/s1. The van der Waals surface area contributed by atoms with E-state index in [0.29, 0.717) is 12.8 Å². The van der Waals surface area contributed by atoms with E-state index in [2.05, 4.69) is 86.8 Å². The van der Waals surface area contributed by atoms with Crippen molar-refractivity contribution in [3.8, 4) is 0 Å². The molecule has 356 valence electrons. The van der Waals surface area contributed by atoms with Crippen molar-refractivity contribution in [1.29, 1.82) is 0 Å². The molecule has 0 radical (unpaired) electrons. The van der Waals surface area contributed by atoms with Crippen molar-refractivity contribution in [2.45, 2.75) is 205 Å². The van der Waals surface area contributed by atoms with Gasteiger partial charge >= 0.3 is 11.9 Å². The van der Waals surface area contributed by atoms with Crippen LogP contribution in [0.25, 0.3) is 0 Å². The second kappa shape index (κ2) is 38.5. The van der Waals surface area contributed by atoms with Crippen LogP contribution in [0.1, 0.15) is 168 Å². The van der Waals surface area contributed by atoms with Crippen LogP contribution in [0, 0.1) is 0 Å². The lowest BCUT2D eigenvalue weighted by atomic mass is 10.00. The number of hydrogen-bond donors (Lipinski definition) is 4. The zero-order valence-electron chi connectivity index (χ0n) is 37.9. The van der Waals surface area contributed by atoms with Gasteiger partial charge in [0.05, 0.1) is 6.61 Å². The van der Waals surface area contributed by atoms with Crippen LogP contribution >= 0.6 is 0 Å². The Hall–Kier alpha value is -2.91. The van der Waals surface area contributed by atoms with Crippen molar-refractivity contribution in [3.05, 3.63) is 72.9 Å². The summed E-state index contributed by atoms with van der Waals surface area (Å²) in [4.78, 5) is 25.4. The molecule has 1 rings (SSSR count). The molecular weight excluding hydrogens is 813 g/mol. The van der Waals surface area contributed by atoms with Crippen molar-refractivity contribution in [2.75, 3.05) is 19.0 Å². The molecule has 0 saturated carbocycles. The SMILES string of the molecule is CC/C=C/C/C=C/C/C=C/C/C=C/C/C=C/CCCCCC(=O)OC[C@H](CO[C@H]1O[C@H](CS(=O)(=O)O)[C@@H](O)C(O)C1O)OC(=O)CCCC/C=C/CCCCCCCCCCC. The Morgan fingerprint density at radius 2 is 1.02 bits per heavy atom. The van der Waals surface area contributed by atoms with Gasteiger partial charge in [-0.15, -0.1) is 0 Å². The number of rotatable bonds is 38. The maximum absolute atomic E-state index is 12.8. The number of esters is 2. The summed E-state index contributed by atoms with van der Waals surface area (Å²) in [5, 5.41) is 30.9. The van der Waals surface area contributed by atoms with Crippen LogP contribution in [-0.4, -0.2) is 96.0 Å². The molecule has 6 atom stereocenters. The van der Waals surface area contributed by atoms with Crippen LogP contribution in [0.4, 0.5) is 0 Å². The number of aliphatic hydroxyl groups is 3. The first-order chi connectivity index (χ1) is 30.0. The van der Waals surface area contributed by atoms with Gasteiger partial charge in [-0.3, -0.25) is 14.1 Å². The number of hydrogen-bond acceptors (Lipinski definition) is 11. The normalized spacial score (nSPS) is 20.5. The maximum Gasteiger partial charge on any atom is 0.306 e. The number of aliphatic hydroxyl groups excluding tert-OH is 3. The average molecular weight is 895 g/mol. The topological polar surface area (TPSA) is 186 Å². The first-order valence-electron chi connectivity index (χ1n) is 23.5. The summed E-state index contributed by atoms with van der Waals surface area (Å²) in [6, 6.07) is 0. The van der Waals surface area contributed by atoms with E-state index in [1.807, 2.05) is 0 Å². The fraction of sp³-hybridized carbons (Fsp3) is 0.714. The summed E-state index contributed by atoms with van der Waals surface area (Å²) < 4.78 is 54.0. The molecule has 62 heavy (non-hydrogen) atoms. The second-order valence-corrected chi connectivity index (χ2v) is 17.5. The molecule has 1 saturated heterocycles. The highest BCUT2D eigenvalue weighted by molar-refractivity contribution is 7.85. The minimum Gasteiger partial charge on any atom is -0.462 e. The molecule has 1 heterocycles. The molecule has 12 nitrogen and oxygen atoms in total.